The van der Waals surface area contributed by atoms with Gasteiger partial charge >= 0.3 is 7.12 Å². The molecule has 1 aromatic rings. The Morgan fingerprint density at radius 3 is 2.34 bits per heavy atom. The Hall–Kier alpha value is -1.67. The van der Waals surface area contributed by atoms with E-state index < -0.39 is 7.12 Å². The van der Waals surface area contributed by atoms with Crippen LogP contribution in [0.15, 0.2) is 12.4 Å². The first-order valence-corrected chi connectivity index (χ1v) is 10.9. The molecule has 3 heterocycles. The molecule has 29 heavy (non-hydrogen) atoms. The fraction of sp³-hybridized carbons (Fsp3) is 0.762. The minimum absolute atomic E-state index is 0.177. The zero-order chi connectivity index (χ0) is 20.8. The van der Waals surface area contributed by atoms with Crippen LogP contribution in [0.25, 0.3) is 0 Å². The number of likely N-dealkylation sites (tertiary alicyclic amines) is 1. The second-order valence-corrected chi connectivity index (χ2v) is 9.76. The fourth-order valence-electron chi connectivity index (χ4n) is 4.14. The molecule has 1 aliphatic carbocycles. The Morgan fingerprint density at radius 1 is 1.17 bits per heavy atom. The SMILES string of the molecule is CC(=O)N1CCC[C@@H](CN(c2ncc(B3OC(C)(C)C(C)(C)O3)cn2)C2CC2)C1. The average Bonchev–Trinajstić information content (AvgIpc) is 3.47. The minimum atomic E-state index is -0.439. The molecule has 0 spiro atoms. The van der Waals surface area contributed by atoms with E-state index in [-0.39, 0.29) is 17.1 Å². The number of piperidine rings is 1. The second-order valence-electron chi connectivity index (χ2n) is 9.76. The highest BCUT2D eigenvalue weighted by Crippen LogP contribution is 2.36. The van der Waals surface area contributed by atoms with E-state index in [0.29, 0.717) is 12.0 Å². The van der Waals surface area contributed by atoms with Crippen molar-refractivity contribution in [3.8, 4) is 0 Å². The molecule has 1 saturated carbocycles. The van der Waals surface area contributed by atoms with E-state index in [9.17, 15) is 4.79 Å². The van der Waals surface area contributed by atoms with Crippen molar-refractivity contribution in [2.24, 2.45) is 5.92 Å². The number of carbonyl (C=O) groups excluding carboxylic acids is 1. The van der Waals surface area contributed by atoms with Crippen LogP contribution in [0, 0.1) is 5.92 Å². The lowest BCUT2D eigenvalue weighted by molar-refractivity contribution is -0.130. The third-order valence-electron chi connectivity index (χ3n) is 6.85. The molecule has 4 rings (SSSR count). The predicted octanol–water partition coefficient (Wildman–Crippen LogP) is 2.00. The number of rotatable bonds is 5. The van der Waals surface area contributed by atoms with Crippen molar-refractivity contribution in [2.75, 3.05) is 24.5 Å². The number of carbonyl (C=O) groups is 1. The average molecular weight is 400 g/mol. The number of amides is 1. The summed E-state index contributed by atoms with van der Waals surface area (Å²) in [6.07, 6.45) is 8.27. The van der Waals surface area contributed by atoms with Crippen LogP contribution in [0.2, 0.25) is 0 Å². The van der Waals surface area contributed by atoms with Crippen LogP contribution >= 0.6 is 0 Å². The topological polar surface area (TPSA) is 67.8 Å². The highest BCUT2D eigenvalue weighted by molar-refractivity contribution is 6.61. The van der Waals surface area contributed by atoms with Crippen LogP contribution in [0.5, 0.6) is 0 Å². The maximum atomic E-state index is 11.8. The van der Waals surface area contributed by atoms with Crippen molar-refractivity contribution >= 4 is 24.4 Å². The molecule has 1 amide bonds. The molecule has 1 atom stereocenters. The standard InChI is InChI=1S/C21H33BN4O3/c1-15(27)25-10-6-7-16(13-25)14-26(18-8-9-18)19-23-11-17(12-24-19)22-28-20(2,3)21(4,5)29-22/h11-12,16,18H,6-10,13-14H2,1-5H3/t16-/m1/s1. The van der Waals surface area contributed by atoms with Crippen LogP contribution in [0.4, 0.5) is 5.95 Å². The minimum Gasteiger partial charge on any atom is -0.399 e. The summed E-state index contributed by atoms with van der Waals surface area (Å²) in [6.45, 7) is 12.5. The second kappa shape index (κ2) is 7.54. The highest BCUT2D eigenvalue weighted by Gasteiger charge is 2.52. The first kappa shape index (κ1) is 20.6. The molecule has 0 N–H and O–H groups in total. The van der Waals surface area contributed by atoms with Crippen LogP contribution in [0.1, 0.15) is 60.3 Å². The largest absolute Gasteiger partial charge is 0.498 e. The van der Waals surface area contributed by atoms with Crippen molar-refractivity contribution < 1.29 is 14.1 Å². The Balaban J connectivity index is 1.45. The third kappa shape index (κ3) is 4.28. The highest BCUT2D eigenvalue weighted by atomic mass is 16.7. The van der Waals surface area contributed by atoms with Crippen LogP contribution in [-0.2, 0) is 14.1 Å². The number of hydrogen-bond acceptors (Lipinski definition) is 6. The predicted molar refractivity (Wildman–Crippen MR) is 113 cm³/mol. The van der Waals surface area contributed by atoms with Gasteiger partial charge in [0, 0.05) is 50.5 Å². The van der Waals surface area contributed by atoms with Gasteiger partial charge in [0.2, 0.25) is 11.9 Å². The third-order valence-corrected chi connectivity index (χ3v) is 6.85. The summed E-state index contributed by atoms with van der Waals surface area (Å²) in [7, 11) is -0.439. The Kier molecular flexibility index (Phi) is 5.36. The number of aromatic nitrogens is 2. The summed E-state index contributed by atoms with van der Waals surface area (Å²) in [5.41, 5.74) is 0.100. The Bertz CT molecular complexity index is 735. The van der Waals surface area contributed by atoms with Crippen molar-refractivity contribution in [3.63, 3.8) is 0 Å². The quantitative estimate of drug-likeness (QED) is 0.705. The van der Waals surface area contributed by atoms with Gasteiger partial charge in [-0.25, -0.2) is 9.97 Å². The summed E-state index contributed by atoms with van der Waals surface area (Å²) >= 11 is 0. The van der Waals surface area contributed by atoms with E-state index in [1.165, 1.54) is 12.8 Å². The smallest absolute Gasteiger partial charge is 0.399 e. The van der Waals surface area contributed by atoms with E-state index >= 15 is 0 Å². The van der Waals surface area contributed by atoms with E-state index in [4.69, 9.17) is 9.31 Å². The molecule has 3 fully saturated rings. The van der Waals surface area contributed by atoms with Crippen LogP contribution in [0.3, 0.4) is 0 Å². The van der Waals surface area contributed by atoms with Gasteiger partial charge < -0.3 is 19.1 Å². The Morgan fingerprint density at radius 2 is 1.79 bits per heavy atom. The maximum Gasteiger partial charge on any atom is 0.498 e. The van der Waals surface area contributed by atoms with Gasteiger partial charge in [-0.1, -0.05) is 0 Å². The zero-order valence-corrected chi connectivity index (χ0v) is 18.4. The van der Waals surface area contributed by atoms with Gasteiger partial charge in [-0.15, -0.1) is 0 Å². The molecular formula is C21H33BN4O3. The van der Waals surface area contributed by atoms with Gasteiger partial charge in [0.1, 0.15) is 0 Å². The molecule has 3 aliphatic rings. The molecule has 0 bridgehead atoms. The van der Waals surface area contributed by atoms with Crippen molar-refractivity contribution in [1.29, 1.82) is 0 Å². The molecule has 0 aromatic carbocycles. The van der Waals surface area contributed by atoms with E-state index in [0.717, 1.165) is 43.9 Å². The van der Waals surface area contributed by atoms with Gasteiger partial charge in [-0.2, -0.15) is 0 Å². The molecular weight excluding hydrogens is 367 g/mol. The van der Waals surface area contributed by atoms with Crippen molar-refractivity contribution in [1.82, 2.24) is 14.9 Å². The van der Waals surface area contributed by atoms with Gasteiger partial charge in [-0.3, -0.25) is 4.79 Å². The molecule has 0 radical (unpaired) electrons. The zero-order valence-electron chi connectivity index (χ0n) is 18.4. The van der Waals surface area contributed by atoms with Crippen molar-refractivity contribution in [2.45, 2.75) is 77.5 Å². The molecule has 8 heteroatoms. The first-order chi connectivity index (χ1) is 13.7. The first-order valence-electron chi connectivity index (χ1n) is 10.9. The van der Waals surface area contributed by atoms with Crippen LogP contribution < -0.4 is 10.4 Å². The maximum absolute atomic E-state index is 11.8. The van der Waals surface area contributed by atoms with Crippen LogP contribution in [-0.4, -0.2) is 64.8 Å². The summed E-state index contributed by atoms with van der Waals surface area (Å²) < 4.78 is 12.2. The summed E-state index contributed by atoms with van der Waals surface area (Å²) in [6, 6.07) is 0.519. The van der Waals surface area contributed by atoms with E-state index in [2.05, 4.69) is 14.9 Å². The molecule has 2 saturated heterocycles. The van der Waals surface area contributed by atoms with Gasteiger partial charge in [-0.05, 0) is 59.3 Å². The summed E-state index contributed by atoms with van der Waals surface area (Å²) in [5, 5.41) is 0. The normalized spacial score (nSPS) is 25.9. The number of hydrogen-bond donors (Lipinski definition) is 0. The molecule has 0 unspecified atom stereocenters. The number of nitrogens with zero attached hydrogens (tertiary/aromatic N) is 4. The lowest BCUT2D eigenvalue weighted by Crippen LogP contribution is -2.44. The fourth-order valence-corrected chi connectivity index (χ4v) is 4.14. The summed E-state index contributed by atoms with van der Waals surface area (Å²) in [4.78, 5) is 25.4. The van der Waals surface area contributed by atoms with Gasteiger partial charge in [0.15, 0.2) is 0 Å². The van der Waals surface area contributed by atoms with Gasteiger partial charge in [0.05, 0.1) is 11.2 Å². The molecule has 158 valence electrons. The van der Waals surface area contributed by atoms with E-state index in [1.807, 2.05) is 45.0 Å². The van der Waals surface area contributed by atoms with Gasteiger partial charge in [0.25, 0.3) is 0 Å². The molecule has 1 aromatic heterocycles. The molecule has 7 nitrogen and oxygen atoms in total. The van der Waals surface area contributed by atoms with E-state index in [1.54, 1.807) is 6.92 Å². The summed E-state index contributed by atoms with van der Waals surface area (Å²) in [5.74, 6) is 1.42. The Labute approximate surface area is 174 Å². The monoisotopic (exact) mass is 400 g/mol. The number of anilines is 1. The molecule has 2 aliphatic heterocycles. The lowest BCUT2D eigenvalue weighted by atomic mass is 9.81. The lowest BCUT2D eigenvalue weighted by Gasteiger charge is -2.35. The van der Waals surface area contributed by atoms with Crippen molar-refractivity contribution in [3.05, 3.63) is 12.4 Å².